The molecule has 0 saturated carbocycles. The zero-order chi connectivity index (χ0) is 15.1. The van der Waals surface area contributed by atoms with Crippen molar-refractivity contribution < 1.29 is 24.6 Å². The van der Waals surface area contributed by atoms with Crippen molar-refractivity contribution in [2.24, 2.45) is 0 Å². The first-order valence-corrected chi connectivity index (χ1v) is 6.18. The van der Waals surface area contributed by atoms with Crippen LogP contribution in [0.1, 0.15) is 24.0 Å². The first kappa shape index (κ1) is 15.7. The van der Waals surface area contributed by atoms with Crippen LogP contribution in [-0.4, -0.2) is 34.1 Å². The van der Waals surface area contributed by atoms with E-state index in [4.69, 9.17) is 10.2 Å². The number of nitrogens with one attached hydrogen (secondary N) is 1. The minimum atomic E-state index is -1.39. The van der Waals surface area contributed by atoms with E-state index in [0.717, 1.165) is 11.1 Å². The van der Waals surface area contributed by atoms with Gasteiger partial charge in [0.25, 0.3) is 0 Å². The molecular formula is C14H17NO5. The second-order valence-electron chi connectivity index (χ2n) is 4.54. The van der Waals surface area contributed by atoms with E-state index < -0.39 is 30.3 Å². The van der Waals surface area contributed by atoms with E-state index in [9.17, 15) is 14.4 Å². The van der Waals surface area contributed by atoms with Crippen LogP contribution < -0.4 is 5.32 Å². The molecule has 1 rings (SSSR count). The normalized spacial score (nSPS) is 11.7. The smallest absolute Gasteiger partial charge is 0.326 e. The van der Waals surface area contributed by atoms with Crippen LogP contribution in [0, 0.1) is 6.92 Å². The number of aryl methyl sites for hydroxylation is 2. The first-order valence-electron chi connectivity index (χ1n) is 6.18. The molecule has 0 fully saturated rings. The van der Waals surface area contributed by atoms with E-state index in [1.165, 1.54) is 0 Å². The molecule has 108 valence electrons. The maximum absolute atomic E-state index is 11.6. The van der Waals surface area contributed by atoms with Gasteiger partial charge >= 0.3 is 11.9 Å². The van der Waals surface area contributed by atoms with Crippen LogP contribution >= 0.6 is 0 Å². The minimum Gasteiger partial charge on any atom is -0.481 e. The number of hydrogen-bond acceptors (Lipinski definition) is 3. The van der Waals surface area contributed by atoms with Gasteiger partial charge in [-0.1, -0.05) is 29.8 Å². The molecule has 0 aromatic heterocycles. The van der Waals surface area contributed by atoms with E-state index in [-0.39, 0.29) is 6.42 Å². The molecule has 1 amide bonds. The van der Waals surface area contributed by atoms with Crippen molar-refractivity contribution in [3.63, 3.8) is 0 Å². The summed E-state index contributed by atoms with van der Waals surface area (Å²) in [5.74, 6) is -3.09. The summed E-state index contributed by atoms with van der Waals surface area (Å²) in [6.45, 7) is 1.96. The number of hydrogen-bond donors (Lipinski definition) is 3. The van der Waals surface area contributed by atoms with Crippen LogP contribution in [0.3, 0.4) is 0 Å². The summed E-state index contributed by atoms with van der Waals surface area (Å²) in [7, 11) is 0. The summed E-state index contributed by atoms with van der Waals surface area (Å²) in [4.78, 5) is 32.9. The van der Waals surface area contributed by atoms with Gasteiger partial charge in [0, 0.05) is 6.42 Å². The second-order valence-corrected chi connectivity index (χ2v) is 4.54. The first-order chi connectivity index (χ1) is 9.38. The number of carboxylic acid groups (broad SMARTS) is 2. The lowest BCUT2D eigenvalue weighted by Crippen LogP contribution is -2.42. The lowest BCUT2D eigenvalue weighted by atomic mass is 10.1. The summed E-state index contributed by atoms with van der Waals surface area (Å²) in [5.41, 5.74) is 2.08. The molecule has 0 aliphatic rings. The highest BCUT2D eigenvalue weighted by Gasteiger charge is 2.22. The van der Waals surface area contributed by atoms with Crippen LogP contribution in [0.4, 0.5) is 0 Å². The van der Waals surface area contributed by atoms with Crippen LogP contribution in [0.25, 0.3) is 0 Å². The van der Waals surface area contributed by atoms with Gasteiger partial charge in [0.2, 0.25) is 5.91 Å². The molecule has 20 heavy (non-hydrogen) atoms. The van der Waals surface area contributed by atoms with Crippen molar-refractivity contribution >= 4 is 17.8 Å². The van der Waals surface area contributed by atoms with Gasteiger partial charge in [-0.15, -0.1) is 0 Å². The van der Waals surface area contributed by atoms with E-state index in [1.807, 2.05) is 31.2 Å². The van der Waals surface area contributed by atoms with E-state index in [1.54, 1.807) is 0 Å². The van der Waals surface area contributed by atoms with Crippen molar-refractivity contribution in [1.29, 1.82) is 0 Å². The maximum Gasteiger partial charge on any atom is 0.326 e. The fraction of sp³-hybridized carbons (Fsp3) is 0.357. The molecule has 0 heterocycles. The molecule has 6 heteroatoms. The third-order valence-electron chi connectivity index (χ3n) is 2.77. The Kier molecular flexibility index (Phi) is 5.71. The second kappa shape index (κ2) is 7.28. The Bertz CT molecular complexity index is 495. The molecule has 1 aromatic carbocycles. The molecule has 0 bridgehead atoms. The summed E-state index contributed by atoms with van der Waals surface area (Å²) in [6, 6.07) is 6.26. The average Bonchev–Trinajstić information content (AvgIpc) is 2.36. The van der Waals surface area contributed by atoms with Crippen LogP contribution in [0.15, 0.2) is 24.3 Å². The Morgan fingerprint density at radius 2 is 1.75 bits per heavy atom. The quantitative estimate of drug-likeness (QED) is 0.690. The summed E-state index contributed by atoms with van der Waals surface area (Å²) < 4.78 is 0. The Balaban J connectivity index is 2.47. The molecular weight excluding hydrogens is 262 g/mol. The van der Waals surface area contributed by atoms with Crippen molar-refractivity contribution in [3.05, 3.63) is 35.4 Å². The number of benzene rings is 1. The minimum absolute atomic E-state index is 0.118. The zero-order valence-electron chi connectivity index (χ0n) is 11.1. The topological polar surface area (TPSA) is 104 Å². The van der Waals surface area contributed by atoms with Crippen molar-refractivity contribution in [2.45, 2.75) is 32.2 Å². The number of carbonyl (C=O) groups is 3. The van der Waals surface area contributed by atoms with Gasteiger partial charge in [0.05, 0.1) is 6.42 Å². The largest absolute Gasteiger partial charge is 0.481 e. The molecule has 3 N–H and O–H groups in total. The number of rotatable bonds is 7. The van der Waals surface area contributed by atoms with Gasteiger partial charge in [-0.05, 0) is 18.9 Å². The van der Waals surface area contributed by atoms with Crippen LogP contribution in [-0.2, 0) is 20.8 Å². The predicted molar refractivity (Wildman–Crippen MR) is 71.3 cm³/mol. The van der Waals surface area contributed by atoms with Gasteiger partial charge in [-0.3, -0.25) is 9.59 Å². The Labute approximate surface area is 116 Å². The van der Waals surface area contributed by atoms with Crippen molar-refractivity contribution in [3.8, 4) is 0 Å². The van der Waals surface area contributed by atoms with Gasteiger partial charge in [0.15, 0.2) is 0 Å². The van der Waals surface area contributed by atoms with Crippen molar-refractivity contribution in [1.82, 2.24) is 5.32 Å². The molecule has 0 spiro atoms. The predicted octanol–water partition coefficient (Wildman–Crippen LogP) is 0.972. The average molecular weight is 279 g/mol. The molecule has 6 nitrogen and oxygen atoms in total. The fourth-order valence-electron chi connectivity index (χ4n) is 1.65. The SMILES string of the molecule is Cc1ccc(CCC(=O)N[C@@H](CC(=O)O)C(=O)O)cc1. The third kappa shape index (κ3) is 5.51. The number of aliphatic carboxylic acids is 2. The number of carboxylic acids is 2. The number of amides is 1. The summed E-state index contributed by atoms with van der Waals surface area (Å²) in [6.07, 6.45) is -0.0381. The maximum atomic E-state index is 11.6. The van der Waals surface area contributed by atoms with E-state index in [2.05, 4.69) is 5.32 Å². The summed E-state index contributed by atoms with van der Waals surface area (Å²) in [5, 5.41) is 19.6. The molecule has 0 aliphatic heterocycles. The van der Waals surface area contributed by atoms with E-state index >= 15 is 0 Å². The standard InChI is InChI=1S/C14H17NO5/c1-9-2-4-10(5-3-9)6-7-12(16)15-11(14(19)20)8-13(17)18/h2-5,11H,6-8H2,1H3,(H,15,16)(H,17,18)(H,19,20)/t11-/m0/s1. The van der Waals surface area contributed by atoms with Gasteiger partial charge in [-0.2, -0.15) is 0 Å². The van der Waals surface area contributed by atoms with Gasteiger partial charge in [0.1, 0.15) is 6.04 Å². The van der Waals surface area contributed by atoms with Gasteiger partial charge < -0.3 is 15.5 Å². The fourth-order valence-corrected chi connectivity index (χ4v) is 1.65. The monoisotopic (exact) mass is 279 g/mol. The molecule has 0 radical (unpaired) electrons. The Morgan fingerprint density at radius 1 is 1.15 bits per heavy atom. The molecule has 0 saturated heterocycles. The highest BCUT2D eigenvalue weighted by Crippen LogP contribution is 2.06. The van der Waals surface area contributed by atoms with Crippen LogP contribution in [0.2, 0.25) is 0 Å². The lowest BCUT2D eigenvalue weighted by molar-refractivity contribution is -0.147. The molecule has 1 aromatic rings. The summed E-state index contributed by atoms with van der Waals surface area (Å²) >= 11 is 0. The highest BCUT2D eigenvalue weighted by molar-refractivity contribution is 5.86. The lowest BCUT2D eigenvalue weighted by Gasteiger charge is -2.12. The number of carbonyl (C=O) groups excluding carboxylic acids is 1. The van der Waals surface area contributed by atoms with Crippen molar-refractivity contribution in [2.75, 3.05) is 0 Å². The van der Waals surface area contributed by atoms with E-state index in [0.29, 0.717) is 6.42 Å². The third-order valence-corrected chi connectivity index (χ3v) is 2.77. The molecule has 0 aliphatic carbocycles. The highest BCUT2D eigenvalue weighted by atomic mass is 16.4. The molecule has 1 atom stereocenters. The zero-order valence-corrected chi connectivity index (χ0v) is 11.1. The Morgan fingerprint density at radius 3 is 2.25 bits per heavy atom. The van der Waals surface area contributed by atoms with Gasteiger partial charge in [-0.25, -0.2) is 4.79 Å². The Hall–Kier alpha value is -2.37. The molecule has 0 unspecified atom stereocenters. The van der Waals surface area contributed by atoms with Crippen LogP contribution in [0.5, 0.6) is 0 Å².